The second kappa shape index (κ2) is 8.51. The van der Waals surface area contributed by atoms with Crippen LogP contribution in [-0.4, -0.2) is 19.6 Å². The second-order valence-corrected chi connectivity index (χ2v) is 7.20. The Bertz CT molecular complexity index is 981. The third-order valence-electron chi connectivity index (χ3n) is 3.91. The molecule has 0 aliphatic rings. The number of aryl methyl sites for hydroxylation is 2. The molecule has 0 aliphatic carbocycles. The molecule has 2 aromatic carbocycles. The van der Waals surface area contributed by atoms with E-state index in [1.54, 1.807) is 39.7 Å². The number of hydrogen-bond donors (Lipinski definition) is 1. The molecule has 5 nitrogen and oxygen atoms in total. The zero-order valence-corrected chi connectivity index (χ0v) is 17.4. The number of nitrogens with two attached hydrogens (primary N) is 1. The van der Waals surface area contributed by atoms with Crippen molar-refractivity contribution in [2.24, 2.45) is 0 Å². The van der Waals surface area contributed by atoms with Crippen molar-refractivity contribution in [1.82, 2.24) is 19.6 Å². The van der Waals surface area contributed by atoms with Crippen molar-refractivity contribution in [2.75, 3.05) is 5.73 Å². The summed E-state index contributed by atoms with van der Waals surface area (Å²) in [5.41, 5.74) is 9.20. The van der Waals surface area contributed by atoms with Gasteiger partial charge in [-0.1, -0.05) is 0 Å². The highest BCUT2D eigenvalue weighted by atomic mass is 127. The Balaban J connectivity index is 0.000000161. The molecule has 28 heavy (non-hydrogen) atoms. The van der Waals surface area contributed by atoms with E-state index in [0.717, 1.165) is 26.5 Å². The number of aromatic nitrogens is 4. The molecule has 0 amide bonds. The summed E-state index contributed by atoms with van der Waals surface area (Å²) in [6, 6.07) is 16.2. The van der Waals surface area contributed by atoms with Gasteiger partial charge in [-0.15, -0.1) is 0 Å². The number of rotatable bonds is 2. The zero-order valence-electron chi connectivity index (χ0n) is 15.3. The minimum atomic E-state index is -0.258. The van der Waals surface area contributed by atoms with E-state index in [0.29, 0.717) is 5.82 Å². The van der Waals surface area contributed by atoms with Gasteiger partial charge in [0.2, 0.25) is 0 Å². The zero-order chi connectivity index (χ0) is 20.3. The van der Waals surface area contributed by atoms with Gasteiger partial charge in [0, 0.05) is 17.5 Å². The summed E-state index contributed by atoms with van der Waals surface area (Å²) in [5, 5.41) is 8.37. The summed E-state index contributed by atoms with van der Waals surface area (Å²) in [6.45, 7) is 3.87. The van der Waals surface area contributed by atoms with Crippen LogP contribution in [0.1, 0.15) is 11.4 Å². The van der Waals surface area contributed by atoms with Crippen LogP contribution in [0.3, 0.4) is 0 Å². The molecule has 0 saturated carbocycles. The highest BCUT2D eigenvalue weighted by molar-refractivity contribution is 14.1. The molecule has 0 spiro atoms. The number of halogens is 3. The first-order valence-corrected chi connectivity index (χ1v) is 9.47. The predicted octanol–water partition coefficient (Wildman–Crippen LogP) is 4.83. The molecular formula is C20H18F2IN5. The smallest absolute Gasteiger partial charge is 0.146 e. The fraction of sp³-hybridized carbons (Fsp3) is 0.100. The van der Waals surface area contributed by atoms with Gasteiger partial charge in [-0.2, -0.15) is 10.2 Å². The Kier molecular flexibility index (Phi) is 6.08. The molecule has 4 aromatic rings. The van der Waals surface area contributed by atoms with E-state index in [4.69, 9.17) is 5.73 Å². The Morgan fingerprint density at radius 3 is 1.54 bits per heavy atom. The lowest BCUT2D eigenvalue weighted by Gasteiger charge is -2.02. The third-order valence-corrected chi connectivity index (χ3v) is 4.43. The Labute approximate surface area is 174 Å². The Morgan fingerprint density at radius 2 is 1.18 bits per heavy atom. The summed E-state index contributed by atoms with van der Waals surface area (Å²) >= 11 is 2.15. The van der Waals surface area contributed by atoms with Crippen LogP contribution in [0.15, 0.2) is 60.7 Å². The predicted molar refractivity (Wildman–Crippen MR) is 114 cm³/mol. The molecule has 0 aliphatic heterocycles. The quantitative estimate of drug-likeness (QED) is 0.408. The van der Waals surface area contributed by atoms with Gasteiger partial charge in [0.25, 0.3) is 0 Å². The van der Waals surface area contributed by atoms with Crippen molar-refractivity contribution >= 4 is 28.4 Å². The van der Waals surface area contributed by atoms with Gasteiger partial charge in [0.05, 0.1) is 11.4 Å². The van der Waals surface area contributed by atoms with E-state index < -0.39 is 0 Å². The normalized spacial score (nSPS) is 10.5. The van der Waals surface area contributed by atoms with E-state index >= 15 is 0 Å². The minimum absolute atomic E-state index is 0.228. The van der Waals surface area contributed by atoms with Crippen molar-refractivity contribution in [1.29, 1.82) is 0 Å². The van der Waals surface area contributed by atoms with Crippen LogP contribution in [0.5, 0.6) is 0 Å². The van der Waals surface area contributed by atoms with Gasteiger partial charge >= 0.3 is 0 Å². The number of nitrogens with zero attached hydrogens (tertiary/aromatic N) is 4. The molecule has 8 heteroatoms. The molecule has 2 heterocycles. The Hall–Kier alpha value is -2.75. The van der Waals surface area contributed by atoms with Crippen LogP contribution in [0.4, 0.5) is 14.6 Å². The summed E-state index contributed by atoms with van der Waals surface area (Å²) in [5.74, 6) is -0.0217. The van der Waals surface area contributed by atoms with Gasteiger partial charge < -0.3 is 5.73 Å². The lowest BCUT2D eigenvalue weighted by atomic mass is 10.3. The number of benzene rings is 2. The summed E-state index contributed by atoms with van der Waals surface area (Å²) in [6.07, 6.45) is 0. The fourth-order valence-corrected chi connectivity index (χ4v) is 3.29. The van der Waals surface area contributed by atoms with Crippen LogP contribution in [-0.2, 0) is 0 Å². The first-order valence-electron chi connectivity index (χ1n) is 8.39. The van der Waals surface area contributed by atoms with Gasteiger partial charge in [-0.3, -0.25) is 0 Å². The fourth-order valence-electron chi connectivity index (χ4n) is 2.62. The van der Waals surface area contributed by atoms with Gasteiger partial charge in [-0.05, 0) is 91.0 Å². The molecule has 0 fully saturated rings. The lowest BCUT2D eigenvalue weighted by Crippen LogP contribution is -1.99. The Morgan fingerprint density at radius 1 is 0.750 bits per heavy atom. The number of nitrogen functional groups attached to an aromatic ring is 1. The van der Waals surface area contributed by atoms with Gasteiger partial charge in [0.1, 0.15) is 21.2 Å². The largest absolute Gasteiger partial charge is 0.382 e. The number of hydrogen-bond acceptors (Lipinski definition) is 3. The highest BCUT2D eigenvalue weighted by Crippen LogP contribution is 2.14. The SMILES string of the molecule is Cc1cc(I)nn1-c1ccc(F)cc1.Cc1cc(N)nn1-c1ccc(F)cc1. The van der Waals surface area contributed by atoms with Crippen LogP contribution >= 0.6 is 22.6 Å². The van der Waals surface area contributed by atoms with Crippen molar-refractivity contribution in [3.63, 3.8) is 0 Å². The van der Waals surface area contributed by atoms with Crippen molar-refractivity contribution in [3.8, 4) is 11.4 Å². The van der Waals surface area contributed by atoms with E-state index in [-0.39, 0.29) is 11.6 Å². The first kappa shape index (κ1) is 20.0. The third kappa shape index (κ3) is 4.75. The lowest BCUT2D eigenvalue weighted by molar-refractivity contribution is 0.626. The molecule has 0 bridgehead atoms. The van der Waals surface area contributed by atoms with E-state index in [2.05, 4.69) is 32.8 Å². The van der Waals surface area contributed by atoms with Crippen molar-refractivity contribution in [2.45, 2.75) is 13.8 Å². The molecule has 144 valence electrons. The van der Waals surface area contributed by atoms with Crippen LogP contribution in [0.25, 0.3) is 11.4 Å². The molecule has 0 unspecified atom stereocenters. The second-order valence-electron chi connectivity index (χ2n) is 6.10. The molecule has 0 saturated heterocycles. The van der Waals surface area contributed by atoms with Crippen molar-refractivity contribution < 1.29 is 8.78 Å². The van der Waals surface area contributed by atoms with Gasteiger partial charge in [-0.25, -0.2) is 18.1 Å². The van der Waals surface area contributed by atoms with E-state index in [1.807, 2.05) is 19.9 Å². The molecular weight excluding hydrogens is 475 g/mol. The average Bonchev–Trinajstić information content (AvgIpc) is 3.17. The topological polar surface area (TPSA) is 61.7 Å². The first-order chi connectivity index (χ1) is 13.3. The highest BCUT2D eigenvalue weighted by Gasteiger charge is 2.04. The molecule has 4 rings (SSSR count). The van der Waals surface area contributed by atoms with E-state index in [1.165, 1.54) is 24.3 Å². The average molecular weight is 493 g/mol. The molecule has 2 N–H and O–H groups in total. The molecule has 0 radical (unpaired) electrons. The summed E-state index contributed by atoms with van der Waals surface area (Å²) < 4.78 is 29.7. The van der Waals surface area contributed by atoms with E-state index in [9.17, 15) is 8.78 Å². The van der Waals surface area contributed by atoms with Gasteiger partial charge in [0.15, 0.2) is 0 Å². The van der Waals surface area contributed by atoms with Crippen LogP contribution in [0.2, 0.25) is 0 Å². The number of anilines is 1. The standard InChI is InChI=1S/C10H8FIN2.C10H10FN3/c2*1-7-6-10(12)13-14(7)9-4-2-8(11)3-5-9/h2-6H,1H3;2-6H,1H3,(H2,12,13). The van der Waals surface area contributed by atoms with Crippen LogP contribution in [0, 0.1) is 29.2 Å². The summed E-state index contributed by atoms with van der Waals surface area (Å²) in [4.78, 5) is 0. The van der Waals surface area contributed by atoms with Crippen LogP contribution < -0.4 is 5.73 Å². The maximum absolute atomic E-state index is 12.7. The minimum Gasteiger partial charge on any atom is -0.382 e. The molecule has 0 atom stereocenters. The maximum atomic E-state index is 12.7. The monoisotopic (exact) mass is 493 g/mol. The maximum Gasteiger partial charge on any atom is 0.146 e. The molecule has 2 aromatic heterocycles. The summed E-state index contributed by atoms with van der Waals surface area (Å²) in [7, 11) is 0. The van der Waals surface area contributed by atoms with Crippen molar-refractivity contribution in [3.05, 3.63) is 87.4 Å².